The van der Waals surface area contributed by atoms with E-state index in [1.165, 1.54) is 18.0 Å². The van der Waals surface area contributed by atoms with Crippen LogP contribution < -0.4 is 10.1 Å². The maximum atomic E-state index is 13.2. The fourth-order valence-corrected chi connectivity index (χ4v) is 4.99. The second kappa shape index (κ2) is 8.52. The Morgan fingerprint density at radius 3 is 2.49 bits per heavy atom. The van der Waals surface area contributed by atoms with Crippen molar-refractivity contribution in [1.82, 2.24) is 34.3 Å². The van der Waals surface area contributed by atoms with Gasteiger partial charge in [0, 0.05) is 32.6 Å². The molecule has 0 aliphatic heterocycles. The minimum atomic E-state index is -3.71. The van der Waals surface area contributed by atoms with Gasteiger partial charge in [0.2, 0.25) is 0 Å². The Labute approximate surface area is 203 Å². The van der Waals surface area contributed by atoms with Gasteiger partial charge in [0.25, 0.3) is 5.91 Å². The van der Waals surface area contributed by atoms with E-state index in [1.807, 2.05) is 26.2 Å². The first-order valence-electron chi connectivity index (χ1n) is 11.0. The summed E-state index contributed by atoms with van der Waals surface area (Å²) in [4.78, 5) is 17.4. The van der Waals surface area contributed by atoms with Crippen molar-refractivity contribution in [2.75, 3.05) is 7.11 Å². The summed E-state index contributed by atoms with van der Waals surface area (Å²) in [6.07, 6.45) is 4.89. The molecule has 1 N–H and O–H groups in total. The van der Waals surface area contributed by atoms with Gasteiger partial charge in [-0.2, -0.15) is 10.2 Å². The summed E-state index contributed by atoms with van der Waals surface area (Å²) in [5.74, 6) is -0.0925. The number of nitrogens with one attached hydrogen (secondary N) is 1. The zero-order chi connectivity index (χ0) is 25.7. The maximum absolute atomic E-state index is 13.2. The average Bonchev–Trinajstić information content (AvgIpc) is 3.49. The lowest BCUT2D eigenvalue weighted by molar-refractivity contribution is 0.0929. The largest absolute Gasteiger partial charge is 0.495 e. The third-order valence-corrected chi connectivity index (χ3v) is 8.29. The predicted octanol–water partition coefficient (Wildman–Crippen LogP) is 2.54. The number of rotatable bonds is 6. The number of nitrogens with zero attached hydrogens (tertiary/aromatic N) is 6. The van der Waals surface area contributed by atoms with Crippen LogP contribution in [0.4, 0.5) is 0 Å². The Morgan fingerprint density at radius 1 is 1.17 bits per heavy atom. The van der Waals surface area contributed by atoms with Gasteiger partial charge in [-0.05, 0) is 39.8 Å². The molecule has 4 aromatic heterocycles. The molecule has 1 atom stereocenters. The summed E-state index contributed by atoms with van der Waals surface area (Å²) in [5, 5.41) is 11.7. The topological polar surface area (TPSA) is 125 Å². The van der Waals surface area contributed by atoms with Gasteiger partial charge < -0.3 is 10.1 Å². The number of hydrogen-bond donors (Lipinski definition) is 1. The first-order chi connectivity index (χ1) is 16.3. The normalized spacial score (nSPS) is 13.2. The number of pyridine rings is 1. The molecular formula is C23H29N7O4S. The molecular weight excluding hydrogens is 470 g/mol. The molecule has 35 heavy (non-hydrogen) atoms. The Morgan fingerprint density at radius 2 is 1.89 bits per heavy atom. The Balaban J connectivity index is 1.73. The van der Waals surface area contributed by atoms with E-state index in [0.717, 1.165) is 5.69 Å². The minimum absolute atomic E-state index is 0.0531. The highest BCUT2D eigenvalue weighted by atomic mass is 32.2. The highest BCUT2D eigenvalue weighted by Gasteiger charge is 2.34. The van der Waals surface area contributed by atoms with Crippen LogP contribution in [0.1, 0.15) is 49.9 Å². The van der Waals surface area contributed by atoms with Gasteiger partial charge in [0.15, 0.2) is 9.84 Å². The molecule has 0 spiro atoms. The first-order valence-corrected chi connectivity index (χ1v) is 12.5. The number of sulfone groups is 1. The molecule has 0 fully saturated rings. The Bertz CT molecular complexity index is 1520. The van der Waals surface area contributed by atoms with Crippen LogP contribution in [0.25, 0.3) is 17.0 Å². The second-order valence-corrected chi connectivity index (χ2v) is 12.0. The molecule has 0 radical (unpaired) electrons. The van der Waals surface area contributed by atoms with Crippen LogP contribution in [0.5, 0.6) is 5.75 Å². The van der Waals surface area contributed by atoms with Gasteiger partial charge in [-0.25, -0.2) is 13.4 Å². The summed E-state index contributed by atoms with van der Waals surface area (Å²) < 4.78 is 35.6. The predicted molar refractivity (Wildman–Crippen MR) is 130 cm³/mol. The van der Waals surface area contributed by atoms with Crippen molar-refractivity contribution in [3.05, 3.63) is 48.2 Å². The van der Waals surface area contributed by atoms with E-state index in [1.54, 1.807) is 55.2 Å². The number of aromatic nitrogens is 6. The van der Waals surface area contributed by atoms with Crippen LogP contribution in [-0.2, 0) is 23.9 Å². The van der Waals surface area contributed by atoms with Crippen LogP contribution >= 0.6 is 0 Å². The molecule has 11 nitrogen and oxygen atoms in total. The number of amides is 1. The van der Waals surface area contributed by atoms with Crippen molar-refractivity contribution in [2.24, 2.45) is 14.1 Å². The Kier molecular flexibility index (Phi) is 5.95. The zero-order valence-electron chi connectivity index (χ0n) is 20.8. The molecule has 0 aliphatic rings. The third-order valence-electron chi connectivity index (χ3n) is 5.79. The van der Waals surface area contributed by atoms with Crippen LogP contribution in [0, 0.1) is 0 Å². The minimum Gasteiger partial charge on any atom is -0.495 e. The lowest BCUT2D eigenvalue weighted by atomic mass is 10.2. The van der Waals surface area contributed by atoms with E-state index in [-0.39, 0.29) is 22.6 Å². The van der Waals surface area contributed by atoms with Crippen LogP contribution in [-0.4, -0.2) is 55.1 Å². The van der Waals surface area contributed by atoms with Gasteiger partial charge in [0.1, 0.15) is 27.7 Å². The molecule has 0 aliphatic carbocycles. The van der Waals surface area contributed by atoms with Gasteiger partial charge in [-0.1, -0.05) is 0 Å². The first kappa shape index (κ1) is 24.5. The number of imidazole rings is 1. The summed E-state index contributed by atoms with van der Waals surface area (Å²) in [5.41, 5.74) is 2.59. The number of ether oxygens (including phenoxy) is 1. The SMILES string of the molecule is COc1cc2ncc(-c3cc(C(=O)N[C@H](C)c4ccn(C)n4)n(C)n3)n2cc1S(=O)(=O)C(C)(C)C. The third kappa shape index (κ3) is 4.29. The molecule has 0 aromatic carbocycles. The number of carbonyl (C=O) groups is 1. The molecule has 0 bridgehead atoms. The monoisotopic (exact) mass is 499 g/mol. The van der Waals surface area contributed by atoms with Crippen LogP contribution in [0.3, 0.4) is 0 Å². The molecule has 4 aromatic rings. The van der Waals surface area contributed by atoms with Gasteiger partial charge >= 0.3 is 0 Å². The van der Waals surface area contributed by atoms with Gasteiger partial charge in [-0.3, -0.25) is 18.6 Å². The molecule has 4 heterocycles. The van der Waals surface area contributed by atoms with Crippen molar-refractivity contribution in [3.63, 3.8) is 0 Å². The smallest absolute Gasteiger partial charge is 0.270 e. The van der Waals surface area contributed by atoms with E-state index >= 15 is 0 Å². The fourth-order valence-electron chi connectivity index (χ4n) is 3.68. The number of methoxy groups -OCH3 is 1. The summed E-state index contributed by atoms with van der Waals surface area (Å²) in [6.45, 7) is 6.76. The lowest BCUT2D eigenvalue weighted by Gasteiger charge is -2.21. The molecule has 1 amide bonds. The fraction of sp³-hybridized carbons (Fsp3) is 0.391. The highest BCUT2D eigenvalue weighted by molar-refractivity contribution is 7.92. The second-order valence-electron chi connectivity index (χ2n) is 9.34. The van der Waals surface area contributed by atoms with E-state index in [4.69, 9.17) is 4.74 Å². The van der Waals surface area contributed by atoms with E-state index in [2.05, 4.69) is 20.5 Å². The standard InChI is InChI=1S/C23H29N7O4S/c1-14(15-8-9-28(5)26-15)25-22(31)17-10-16(27-29(17)6)18-12-24-21-11-19(34-7)20(13-30(18)21)35(32,33)23(2,3)4/h8-14H,1-7H3,(H,25,31)/t14-/m1/s1. The van der Waals surface area contributed by atoms with Gasteiger partial charge in [0.05, 0.1) is 35.5 Å². The molecule has 186 valence electrons. The van der Waals surface area contributed by atoms with Crippen molar-refractivity contribution < 1.29 is 17.9 Å². The highest BCUT2D eigenvalue weighted by Crippen LogP contribution is 2.34. The molecule has 0 unspecified atom stereocenters. The van der Waals surface area contributed by atoms with Crippen LogP contribution in [0.15, 0.2) is 41.7 Å². The number of carbonyl (C=O) groups excluding carboxylic acids is 1. The number of hydrogen-bond acceptors (Lipinski definition) is 7. The van der Waals surface area contributed by atoms with E-state index in [9.17, 15) is 13.2 Å². The summed E-state index contributed by atoms with van der Waals surface area (Å²) >= 11 is 0. The van der Waals surface area contributed by atoms with E-state index in [0.29, 0.717) is 22.7 Å². The Hall–Kier alpha value is -3.67. The molecule has 4 rings (SSSR count). The number of fused-ring (bicyclic) bond motifs is 1. The van der Waals surface area contributed by atoms with Crippen molar-refractivity contribution in [1.29, 1.82) is 0 Å². The quantitative estimate of drug-likeness (QED) is 0.432. The van der Waals surface area contributed by atoms with Crippen molar-refractivity contribution in [3.8, 4) is 17.1 Å². The lowest BCUT2D eigenvalue weighted by Crippen LogP contribution is -2.28. The molecule has 0 saturated carbocycles. The van der Waals surface area contributed by atoms with E-state index < -0.39 is 14.6 Å². The summed E-state index contributed by atoms with van der Waals surface area (Å²) in [7, 11) is 1.20. The average molecular weight is 500 g/mol. The summed E-state index contributed by atoms with van der Waals surface area (Å²) in [6, 6.07) is 4.77. The zero-order valence-corrected chi connectivity index (χ0v) is 21.6. The van der Waals surface area contributed by atoms with Crippen molar-refractivity contribution in [2.45, 2.75) is 43.4 Å². The van der Waals surface area contributed by atoms with Crippen molar-refractivity contribution >= 4 is 21.4 Å². The maximum Gasteiger partial charge on any atom is 0.270 e. The molecule has 0 saturated heterocycles. The number of aryl methyl sites for hydroxylation is 2. The van der Waals surface area contributed by atoms with Gasteiger partial charge in [-0.15, -0.1) is 0 Å². The van der Waals surface area contributed by atoms with Crippen LogP contribution in [0.2, 0.25) is 0 Å². The molecule has 12 heteroatoms.